The Bertz CT molecular complexity index is 692. The van der Waals surface area contributed by atoms with Crippen LogP contribution in [0.4, 0.5) is 0 Å². The smallest absolute Gasteiger partial charge is 0.241 e. The van der Waals surface area contributed by atoms with Crippen LogP contribution in [0.1, 0.15) is 17.9 Å². The minimum Gasteiger partial charge on any atom is -0.379 e. The molecular formula is C20H28N4O3. The second kappa shape index (κ2) is 9.41. The van der Waals surface area contributed by atoms with E-state index in [0.717, 1.165) is 71.1 Å². The van der Waals surface area contributed by atoms with Gasteiger partial charge in [0.05, 0.1) is 33.0 Å². The molecule has 2 aromatic rings. The zero-order valence-corrected chi connectivity index (χ0v) is 15.8. The molecule has 0 radical (unpaired) electrons. The monoisotopic (exact) mass is 372 g/mol. The maximum atomic E-state index is 5.42. The number of benzene rings is 1. The summed E-state index contributed by atoms with van der Waals surface area (Å²) in [5.41, 5.74) is 2.35. The zero-order chi connectivity index (χ0) is 18.3. The first-order valence-corrected chi connectivity index (χ1v) is 9.89. The Hall–Kier alpha value is -1.80. The number of morpholine rings is 2. The number of ether oxygens (including phenoxy) is 2. The van der Waals surface area contributed by atoms with E-state index in [1.54, 1.807) is 0 Å². The third kappa shape index (κ3) is 5.35. The fourth-order valence-corrected chi connectivity index (χ4v) is 3.54. The van der Waals surface area contributed by atoms with Crippen molar-refractivity contribution < 1.29 is 14.0 Å². The molecule has 2 aliphatic heterocycles. The second-order valence-electron chi connectivity index (χ2n) is 7.15. The van der Waals surface area contributed by atoms with Gasteiger partial charge in [-0.15, -0.1) is 0 Å². The van der Waals surface area contributed by atoms with Gasteiger partial charge in [0.15, 0.2) is 0 Å². The molecule has 2 saturated heterocycles. The Labute approximate surface area is 160 Å². The minimum absolute atomic E-state index is 0.665. The van der Waals surface area contributed by atoms with Crippen LogP contribution in [0.15, 0.2) is 28.8 Å². The molecule has 0 N–H and O–H groups in total. The predicted molar refractivity (Wildman–Crippen MR) is 101 cm³/mol. The SMILES string of the molecule is c1cc(-c2noc(CN3CCOCC3)n2)ccc1CCCN1CCOCC1. The predicted octanol–water partition coefficient (Wildman–Crippen LogP) is 1.83. The standard InChI is InChI=1S/C20H28N4O3/c1(7-23-8-12-25-13-9-23)2-17-3-5-18(6-4-17)20-21-19(27-22-20)16-24-10-14-26-15-11-24/h3-6H,1-2,7-16H2. The van der Waals surface area contributed by atoms with E-state index < -0.39 is 0 Å². The topological polar surface area (TPSA) is 63.9 Å². The Morgan fingerprint density at radius 1 is 0.852 bits per heavy atom. The molecule has 0 amide bonds. The number of nitrogens with zero attached hydrogens (tertiary/aromatic N) is 4. The summed E-state index contributed by atoms with van der Waals surface area (Å²) in [6.07, 6.45) is 2.26. The zero-order valence-electron chi connectivity index (χ0n) is 15.8. The van der Waals surface area contributed by atoms with Gasteiger partial charge >= 0.3 is 0 Å². The number of rotatable bonds is 7. The molecule has 27 heavy (non-hydrogen) atoms. The van der Waals surface area contributed by atoms with Gasteiger partial charge in [-0.2, -0.15) is 4.98 Å². The fraction of sp³-hybridized carbons (Fsp3) is 0.600. The molecule has 3 heterocycles. The molecule has 146 valence electrons. The molecule has 0 spiro atoms. The fourth-order valence-electron chi connectivity index (χ4n) is 3.54. The number of hydrogen-bond acceptors (Lipinski definition) is 7. The van der Waals surface area contributed by atoms with Crippen molar-refractivity contribution in [3.8, 4) is 11.4 Å². The molecule has 4 rings (SSSR count). The van der Waals surface area contributed by atoms with Gasteiger partial charge in [-0.1, -0.05) is 29.4 Å². The lowest BCUT2D eigenvalue weighted by atomic mass is 10.1. The molecule has 7 heteroatoms. The highest BCUT2D eigenvalue weighted by Crippen LogP contribution is 2.18. The van der Waals surface area contributed by atoms with Crippen molar-refractivity contribution in [2.45, 2.75) is 19.4 Å². The van der Waals surface area contributed by atoms with E-state index in [0.29, 0.717) is 18.3 Å². The van der Waals surface area contributed by atoms with Gasteiger partial charge in [-0.25, -0.2) is 0 Å². The lowest BCUT2D eigenvalue weighted by Crippen LogP contribution is -2.36. The highest BCUT2D eigenvalue weighted by atomic mass is 16.5. The lowest BCUT2D eigenvalue weighted by Gasteiger charge is -2.26. The van der Waals surface area contributed by atoms with Gasteiger partial charge in [-0.3, -0.25) is 9.80 Å². The summed E-state index contributed by atoms with van der Waals surface area (Å²) in [4.78, 5) is 9.30. The summed E-state index contributed by atoms with van der Waals surface area (Å²) < 4.78 is 16.2. The maximum absolute atomic E-state index is 5.42. The minimum atomic E-state index is 0.665. The van der Waals surface area contributed by atoms with Crippen LogP contribution in [0.5, 0.6) is 0 Å². The van der Waals surface area contributed by atoms with Gasteiger partial charge < -0.3 is 14.0 Å². The average molecular weight is 372 g/mol. The number of hydrogen-bond donors (Lipinski definition) is 0. The summed E-state index contributed by atoms with van der Waals surface area (Å²) in [7, 11) is 0. The molecule has 7 nitrogen and oxygen atoms in total. The lowest BCUT2D eigenvalue weighted by molar-refractivity contribution is 0.0297. The van der Waals surface area contributed by atoms with Crippen molar-refractivity contribution in [2.75, 3.05) is 59.2 Å². The highest BCUT2D eigenvalue weighted by molar-refractivity contribution is 5.54. The number of aromatic nitrogens is 2. The van der Waals surface area contributed by atoms with Crippen LogP contribution in [0.2, 0.25) is 0 Å². The van der Waals surface area contributed by atoms with Crippen LogP contribution >= 0.6 is 0 Å². The van der Waals surface area contributed by atoms with Crippen molar-refractivity contribution in [1.29, 1.82) is 0 Å². The summed E-state index contributed by atoms with van der Waals surface area (Å²) in [5.74, 6) is 1.33. The average Bonchev–Trinajstić information content (AvgIpc) is 3.19. The molecule has 1 aromatic carbocycles. The molecule has 2 aliphatic rings. The second-order valence-corrected chi connectivity index (χ2v) is 7.15. The van der Waals surface area contributed by atoms with E-state index in [-0.39, 0.29) is 0 Å². The molecule has 1 aromatic heterocycles. The van der Waals surface area contributed by atoms with E-state index in [9.17, 15) is 0 Å². The van der Waals surface area contributed by atoms with Crippen molar-refractivity contribution in [1.82, 2.24) is 19.9 Å². The van der Waals surface area contributed by atoms with Crippen LogP contribution in [0.25, 0.3) is 11.4 Å². The molecule has 0 atom stereocenters. The van der Waals surface area contributed by atoms with Gasteiger partial charge in [0.2, 0.25) is 11.7 Å². The van der Waals surface area contributed by atoms with E-state index >= 15 is 0 Å². The van der Waals surface area contributed by atoms with Crippen LogP contribution < -0.4 is 0 Å². The summed E-state index contributed by atoms with van der Waals surface area (Å²) >= 11 is 0. The highest BCUT2D eigenvalue weighted by Gasteiger charge is 2.15. The van der Waals surface area contributed by atoms with Crippen molar-refractivity contribution >= 4 is 0 Å². The maximum Gasteiger partial charge on any atom is 0.241 e. The Balaban J connectivity index is 1.27. The normalized spacial score (nSPS) is 19.4. The van der Waals surface area contributed by atoms with Gasteiger partial charge in [0.25, 0.3) is 0 Å². The van der Waals surface area contributed by atoms with Crippen LogP contribution in [-0.4, -0.2) is 79.1 Å². The Morgan fingerprint density at radius 2 is 1.52 bits per heavy atom. The quantitative estimate of drug-likeness (QED) is 0.735. The van der Waals surface area contributed by atoms with E-state index in [4.69, 9.17) is 14.0 Å². The molecule has 0 saturated carbocycles. The van der Waals surface area contributed by atoms with Crippen molar-refractivity contribution in [2.24, 2.45) is 0 Å². The molecule has 2 fully saturated rings. The first kappa shape index (κ1) is 18.6. The molecule has 0 bridgehead atoms. The van der Waals surface area contributed by atoms with Gasteiger partial charge in [0, 0.05) is 31.7 Å². The first-order chi connectivity index (χ1) is 13.4. The van der Waals surface area contributed by atoms with Crippen LogP contribution in [0, 0.1) is 0 Å². The van der Waals surface area contributed by atoms with Gasteiger partial charge in [0.1, 0.15) is 0 Å². The third-order valence-corrected chi connectivity index (χ3v) is 5.19. The van der Waals surface area contributed by atoms with E-state index in [1.807, 2.05) is 0 Å². The van der Waals surface area contributed by atoms with Crippen molar-refractivity contribution in [3.63, 3.8) is 0 Å². The summed E-state index contributed by atoms with van der Waals surface area (Å²) in [6, 6.07) is 8.53. The Morgan fingerprint density at radius 3 is 2.22 bits per heavy atom. The van der Waals surface area contributed by atoms with Crippen LogP contribution in [0.3, 0.4) is 0 Å². The largest absolute Gasteiger partial charge is 0.379 e. The first-order valence-electron chi connectivity index (χ1n) is 9.89. The summed E-state index contributed by atoms with van der Waals surface area (Å²) in [6.45, 7) is 9.06. The number of aryl methyl sites for hydroxylation is 1. The van der Waals surface area contributed by atoms with Crippen molar-refractivity contribution in [3.05, 3.63) is 35.7 Å². The molecular weight excluding hydrogens is 344 g/mol. The Kier molecular flexibility index (Phi) is 6.47. The van der Waals surface area contributed by atoms with E-state index in [2.05, 4.69) is 44.2 Å². The van der Waals surface area contributed by atoms with Gasteiger partial charge in [-0.05, 0) is 24.9 Å². The summed E-state index contributed by atoms with van der Waals surface area (Å²) in [5, 5.41) is 4.14. The third-order valence-electron chi connectivity index (χ3n) is 5.19. The van der Waals surface area contributed by atoms with E-state index in [1.165, 1.54) is 12.0 Å². The molecule has 0 unspecified atom stereocenters. The van der Waals surface area contributed by atoms with Crippen LogP contribution in [-0.2, 0) is 22.4 Å². The molecule has 0 aliphatic carbocycles.